The predicted octanol–water partition coefficient (Wildman–Crippen LogP) is 5.33. The van der Waals surface area contributed by atoms with Gasteiger partial charge < -0.3 is 9.47 Å². The van der Waals surface area contributed by atoms with Gasteiger partial charge in [0.15, 0.2) is 0 Å². The minimum Gasteiger partial charge on any atom is -0.465 e. The first kappa shape index (κ1) is 25.7. The standard InChI is InChI=1S/C23H33ClN2O4S/c1-5-7-8-17(6-2)14-30-20(27)11-12-31-19-10-9-18-21(22(19)24)23(28)26(15-25-18)13-16(3)29-4/h9-10,15-17H,5-8,11-14H2,1-4H3. The number of aromatic nitrogens is 2. The molecule has 0 aliphatic rings. The van der Waals surface area contributed by atoms with Gasteiger partial charge in [-0.25, -0.2) is 4.98 Å². The summed E-state index contributed by atoms with van der Waals surface area (Å²) in [5.41, 5.74) is 0.358. The van der Waals surface area contributed by atoms with Gasteiger partial charge in [0.25, 0.3) is 5.56 Å². The van der Waals surface area contributed by atoms with E-state index in [1.165, 1.54) is 22.7 Å². The lowest BCUT2D eigenvalue weighted by Crippen LogP contribution is -2.26. The average molecular weight is 469 g/mol. The number of hydrogen-bond donors (Lipinski definition) is 0. The van der Waals surface area contributed by atoms with Gasteiger partial charge in [-0.2, -0.15) is 0 Å². The Hall–Kier alpha value is -1.57. The highest BCUT2D eigenvalue weighted by atomic mass is 35.5. The third-order valence-electron chi connectivity index (χ3n) is 5.34. The summed E-state index contributed by atoms with van der Waals surface area (Å²) in [6, 6.07) is 3.63. The largest absolute Gasteiger partial charge is 0.465 e. The minimum atomic E-state index is -0.197. The fourth-order valence-corrected chi connectivity index (χ4v) is 4.49. The predicted molar refractivity (Wildman–Crippen MR) is 127 cm³/mol. The summed E-state index contributed by atoms with van der Waals surface area (Å²) in [6.07, 6.45) is 6.12. The Kier molecular flexibility index (Phi) is 10.8. The average Bonchev–Trinajstić information content (AvgIpc) is 2.77. The molecule has 0 saturated carbocycles. The number of rotatable bonds is 13. The molecule has 2 rings (SSSR count). The number of benzene rings is 1. The maximum absolute atomic E-state index is 12.9. The van der Waals surface area contributed by atoms with Gasteiger partial charge in [0.05, 0.1) is 47.9 Å². The van der Waals surface area contributed by atoms with Gasteiger partial charge in [-0.1, -0.05) is 44.7 Å². The number of ether oxygens (including phenoxy) is 2. The zero-order valence-corrected chi connectivity index (χ0v) is 20.4. The third kappa shape index (κ3) is 7.51. The van der Waals surface area contributed by atoms with Crippen molar-refractivity contribution in [1.29, 1.82) is 0 Å². The zero-order chi connectivity index (χ0) is 22.8. The number of carbonyl (C=O) groups excluding carboxylic acids is 1. The van der Waals surface area contributed by atoms with Gasteiger partial charge >= 0.3 is 5.97 Å². The van der Waals surface area contributed by atoms with Crippen molar-refractivity contribution >= 4 is 40.2 Å². The highest BCUT2D eigenvalue weighted by Gasteiger charge is 2.15. The van der Waals surface area contributed by atoms with E-state index in [-0.39, 0.29) is 17.6 Å². The van der Waals surface area contributed by atoms with E-state index in [1.807, 2.05) is 13.0 Å². The Labute approximate surface area is 193 Å². The maximum atomic E-state index is 12.9. The molecule has 31 heavy (non-hydrogen) atoms. The molecular formula is C23H33ClN2O4S. The highest BCUT2D eigenvalue weighted by Crippen LogP contribution is 2.32. The van der Waals surface area contributed by atoms with Crippen molar-refractivity contribution in [3.05, 3.63) is 33.8 Å². The lowest BCUT2D eigenvalue weighted by Gasteiger charge is -2.14. The molecule has 2 aromatic rings. The molecule has 8 heteroatoms. The van der Waals surface area contributed by atoms with Crippen molar-refractivity contribution in [2.24, 2.45) is 5.92 Å². The van der Waals surface area contributed by atoms with E-state index in [2.05, 4.69) is 18.8 Å². The van der Waals surface area contributed by atoms with Gasteiger partial charge in [0, 0.05) is 17.8 Å². The second-order valence-corrected chi connectivity index (χ2v) is 9.23. The molecular weight excluding hydrogens is 436 g/mol. The monoisotopic (exact) mass is 468 g/mol. The van der Waals surface area contributed by atoms with Crippen LogP contribution >= 0.6 is 23.4 Å². The van der Waals surface area contributed by atoms with Crippen LogP contribution in [0.25, 0.3) is 10.9 Å². The summed E-state index contributed by atoms with van der Waals surface area (Å²) in [6.45, 7) is 7.07. The first-order valence-corrected chi connectivity index (χ1v) is 12.3. The fraction of sp³-hybridized carbons (Fsp3) is 0.609. The van der Waals surface area contributed by atoms with Crippen LogP contribution in [-0.4, -0.2) is 41.1 Å². The van der Waals surface area contributed by atoms with E-state index in [4.69, 9.17) is 21.1 Å². The Morgan fingerprint density at radius 2 is 2.10 bits per heavy atom. The summed E-state index contributed by atoms with van der Waals surface area (Å²) in [7, 11) is 1.60. The highest BCUT2D eigenvalue weighted by molar-refractivity contribution is 7.99. The van der Waals surface area contributed by atoms with Crippen LogP contribution in [0, 0.1) is 5.92 Å². The normalized spacial score (nSPS) is 13.3. The molecule has 172 valence electrons. The molecule has 1 heterocycles. The first-order chi connectivity index (χ1) is 14.9. The molecule has 2 atom stereocenters. The molecule has 0 aliphatic heterocycles. The Bertz CT molecular complexity index is 918. The van der Waals surface area contributed by atoms with Crippen molar-refractivity contribution in [3.8, 4) is 0 Å². The number of thioether (sulfide) groups is 1. The number of unbranched alkanes of at least 4 members (excludes halogenated alkanes) is 1. The van der Waals surface area contributed by atoms with Crippen LogP contribution < -0.4 is 5.56 Å². The molecule has 0 radical (unpaired) electrons. The number of esters is 1. The summed E-state index contributed by atoms with van der Waals surface area (Å²) in [5, 5.41) is 0.764. The second kappa shape index (κ2) is 13.1. The summed E-state index contributed by atoms with van der Waals surface area (Å²) < 4.78 is 12.2. The molecule has 0 spiro atoms. The molecule has 2 unspecified atom stereocenters. The van der Waals surface area contributed by atoms with E-state index in [1.54, 1.807) is 13.2 Å². The zero-order valence-electron chi connectivity index (χ0n) is 18.9. The van der Waals surface area contributed by atoms with E-state index in [0.29, 0.717) is 47.2 Å². The molecule has 0 amide bonds. The van der Waals surface area contributed by atoms with Crippen molar-refractivity contribution in [1.82, 2.24) is 9.55 Å². The number of nitrogens with zero attached hydrogens (tertiary/aromatic N) is 2. The third-order valence-corrected chi connectivity index (χ3v) is 6.90. The Morgan fingerprint density at radius 3 is 2.77 bits per heavy atom. The SMILES string of the molecule is CCCCC(CC)COC(=O)CCSc1ccc2ncn(CC(C)OC)c(=O)c2c1Cl. The number of methoxy groups -OCH3 is 1. The quantitative estimate of drug-likeness (QED) is 0.292. The van der Waals surface area contributed by atoms with Crippen molar-refractivity contribution in [2.45, 2.75) is 70.4 Å². The molecule has 6 nitrogen and oxygen atoms in total. The van der Waals surface area contributed by atoms with Crippen molar-refractivity contribution in [3.63, 3.8) is 0 Å². The fourth-order valence-electron chi connectivity index (χ4n) is 3.20. The number of halogens is 1. The second-order valence-electron chi connectivity index (χ2n) is 7.72. The number of fused-ring (bicyclic) bond motifs is 1. The molecule has 0 fully saturated rings. The van der Waals surface area contributed by atoms with Crippen LogP contribution in [0.2, 0.25) is 5.02 Å². The van der Waals surface area contributed by atoms with Gasteiger partial charge in [0.1, 0.15) is 0 Å². The smallest absolute Gasteiger partial charge is 0.306 e. The summed E-state index contributed by atoms with van der Waals surface area (Å²) in [5.74, 6) is 0.768. The van der Waals surface area contributed by atoms with Crippen LogP contribution in [-0.2, 0) is 20.8 Å². The topological polar surface area (TPSA) is 70.4 Å². The lowest BCUT2D eigenvalue weighted by molar-refractivity contribution is -0.144. The van der Waals surface area contributed by atoms with Crippen molar-refractivity contribution in [2.75, 3.05) is 19.5 Å². The van der Waals surface area contributed by atoms with Crippen LogP contribution in [0.5, 0.6) is 0 Å². The van der Waals surface area contributed by atoms with Crippen LogP contribution in [0.15, 0.2) is 28.2 Å². The van der Waals surface area contributed by atoms with Crippen LogP contribution in [0.4, 0.5) is 0 Å². The number of hydrogen-bond acceptors (Lipinski definition) is 6. The molecule has 0 N–H and O–H groups in total. The van der Waals surface area contributed by atoms with Crippen molar-refractivity contribution < 1.29 is 14.3 Å². The van der Waals surface area contributed by atoms with Crippen LogP contribution in [0.3, 0.4) is 0 Å². The molecule has 1 aromatic heterocycles. The van der Waals surface area contributed by atoms with E-state index < -0.39 is 0 Å². The van der Waals surface area contributed by atoms with E-state index in [0.717, 1.165) is 30.6 Å². The maximum Gasteiger partial charge on any atom is 0.306 e. The van der Waals surface area contributed by atoms with E-state index in [9.17, 15) is 9.59 Å². The minimum absolute atomic E-state index is 0.117. The Morgan fingerprint density at radius 1 is 1.32 bits per heavy atom. The first-order valence-electron chi connectivity index (χ1n) is 10.9. The Balaban J connectivity index is 1.99. The molecule has 0 saturated heterocycles. The van der Waals surface area contributed by atoms with Gasteiger partial charge in [-0.15, -0.1) is 11.8 Å². The molecule has 0 aliphatic carbocycles. The van der Waals surface area contributed by atoms with Gasteiger partial charge in [-0.05, 0) is 31.4 Å². The molecule has 0 bridgehead atoms. The summed E-state index contributed by atoms with van der Waals surface area (Å²) in [4.78, 5) is 30.1. The molecule has 1 aromatic carbocycles. The lowest BCUT2D eigenvalue weighted by atomic mass is 10.0. The van der Waals surface area contributed by atoms with Crippen LogP contribution in [0.1, 0.15) is 52.9 Å². The van der Waals surface area contributed by atoms with Gasteiger partial charge in [-0.3, -0.25) is 14.2 Å². The van der Waals surface area contributed by atoms with E-state index >= 15 is 0 Å². The summed E-state index contributed by atoms with van der Waals surface area (Å²) >= 11 is 8.00. The van der Waals surface area contributed by atoms with Gasteiger partial charge in [0.2, 0.25) is 0 Å². The number of carbonyl (C=O) groups is 1.